The largest absolute Gasteiger partial charge is 0.490 e. The van der Waals surface area contributed by atoms with E-state index in [9.17, 15) is 0 Å². The van der Waals surface area contributed by atoms with Crippen molar-refractivity contribution in [2.24, 2.45) is 0 Å². The van der Waals surface area contributed by atoms with E-state index in [1.165, 1.54) is 28.0 Å². The Morgan fingerprint density at radius 2 is 1.64 bits per heavy atom. The number of hydrogen-bond donors (Lipinski definition) is 1. The molecule has 1 fully saturated rings. The van der Waals surface area contributed by atoms with Gasteiger partial charge < -0.3 is 14.8 Å². The van der Waals surface area contributed by atoms with Crippen LogP contribution in [0.1, 0.15) is 36.1 Å². The standard InChI is InChI=1S/C18H26N2O2/c1-11-8-14-13(3)17-15(9-12(2)21-17)16(18(14)22-11)10-20-6-4-19-5-7-20/h11-12,19H,4-10H2,1-3H3. The SMILES string of the molecule is Cc1c2c(c(CN3CCNCC3)c3c1OC(C)C3)OC(C)C2. The minimum atomic E-state index is 0.287. The van der Waals surface area contributed by atoms with Gasteiger partial charge in [-0.05, 0) is 26.3 Å². The number of nitrogens with one attached hydrogen (secondary N) is 1. The summed E-state index contributed by atoms with van der Waals surface area (Å²) in [6.45, 7) is 11.9. The lowest BCUT2D eigenvalue weighted by Crippen LogP contribution is -2.43. The van der Waals surface area contributed by atoms with Crippen LogP contribution in [0.5, 0.6) is 11.5 Å². The zero-order chi connectivity index (χ0) is 15.3. The molecular formula is C18H26N2O2. The molecule has 1 aromatic rings. The Morgan fingerprint density at radius 1 is 1.00 bits per heavy atom. The fourth-order valence-electron chi connectivity index (χ4n) is 4.07. The van der Waals surface area contributed by atoms with Gasteiger partial charge in [-0.15, -0.1) is 0 Å². The first-order valence-electron chi connectivity index (χ1n) is 8.57. The summed E-state index contributed by atoms with van der Waals surface area (Å²) in [5.41, 5.74) is 5.48. The van der Waals surface area contributed by atoms with Gasteiger partial charge in [-0.1, -0.05) is 0 Å². The van der Waals surface area contributed by atoms with Crippen molar-refractivity contribution in [3.63, 3.8) is 0 Å². The number of piperazine rings is 1. The minimum Gasteiger partial charge on any atom is -0.490 e. The summed E-state index contributed by atoms with van der Waals surface area (Å²) >= 11 is 0. The van der Waals surface area contributed by atoms with Crippen LogP contribution in [-0.4, -0.2) is 43.3 Å². The van der Waals surface area contributed by atoms with Gasteiger partial charge in [0.2, 0.25) is 0 Å². The Kier molecular flexibility index (Phi) is 3.54. The highest BCUT2D eigenvalue weighted by atomic mass is 16.5. The minimum absolute atomic E-state index is 0.287. The van der Waals surface area contributed by atoms with Crippen LogP contribution in [0.15, 0.2) is 0 Å². The van der Waals surface area contributed by atoms with Crippen LogP contribution in [0.4, 0.5) is 0 Å². The maximum Gasteiger partial charge on any atom is 0.128 e. The van der Waals surface area contributed by atoms with E-state index >= 15 is 0 Å². The summed E-state index contributed by atoms with van der Waals surface area (Å²) in [5, 5.41) is 3.43. The third kappa shape index (κ3) is 2.29. The first-order valence-corrected chi connectivity index (χ1v) is 8.57. The Bertz CT molecular complexity index is 554. The van der Waals surface area contributed by atoms with Crippen molar-refractivity contribution in [2.45, 2.75) is 52.4 Å². The van der Waals surface area contributed by atoms with E-state index < -0.39 is 0 Å². The fraction of sp³-hybridized carbons (Fsp3) is 0.667. The second-order valence-electron chi connectivity index (χ2n) is 7.01. The molecule has 120 valence electrons. The van der Waals surface area contributed by atoms with Gasteiger partial charge in [-0.25, -0.2) is 0 Å². The first-order chi connectivity index (χ1) is 10.6. The van der Waals surface area contributed by atoms with Gasteiger partial charge in [0.05, 0.1) is 0 Å². The second-order valence-corrected chi connectivity index (χ2v) is 7.01. The van der Waals surface area contributed by atoms with Gasteiger partial charge in [0, 0.05) is 62.3 Å². The van der Waals surface area contributed by atoms with Crippen LogP contribution in [0.25, 0.3) is 0 Å². The number of benzene rings is 1. The van der Waals surface area contributed by atoms with Crippen molar-refractivity contribution in [1.82, 2.24) is 10.2 Å². The zero-order valence-corrected chi connectivity index (χ0v) is 13.9. The smallest absolute Gasteiger partial charge is 0.128 e. The van der Waals surface area contributed by atoms with Crippen LogP contribution in [0.2, 0.25) is 0 Å². The molecule has 2 unspecified atom stereocenters. The maximum absolute atomic E-state index is 6.22. The lowest BCUT2D eigenvalue weighted by atomic mass is 9.93. The molecule has 4 nitrogen and oxygen atoms in total. The van der Waals surface area contributed by atoms with Crippen molar-refractivity contribution in [3.05, 3.63) is 22.3 Å². The van der Waals surface area contributed by atoms with E-state index in [4.69, 9.17) is 9.47 Å². The molecule has 0 bridgehead atoms. The lowest BCUT2D eigenvalue weighted by Gasteiger charge is -2.28. The van der Waals surface area contributed by atoms with Crippen LogP contribution in [0.3, 0.4) is 0 Å². The highest BCUT2D eigenvalue weighted by Crippen LogP contribution is 2.46. The van der Waals surface area contributed by atoms with Gasteiger partial charge in [-0.3, -0.25) is 4.90 Å². The molecule has 1 aromatic carbocycles. The third-order valence-corrected chi connectivity index (χ3v) is 5.19. The molecule has 2 atom stereocenters. The van der Waals surface area contributed by atoms with Gasteiger partial charge in [0.25, 0.3) is 0 Å². The summed E-state index contributed by atoms with van der Waals surface area (Å²) in [7, 11) is 0. The Morgan fingerprint density at radius 3 is 2.36 bits per heavy atom. The number of hydrogen-bond acceptors (Lipinski definition) is 4. The molecule has 3 aliphatic heterocycles. The van der Waals surface area contributed by atoms with Crippen LogP contribution >= 0.6 is 0 Å². The predicted molar refractivity (Wildman–Crippen MR) is 86.9 cm³/mol. The number of fused-ring (bicyclic) bond motifs is 2. The van der Waals surface area contributed by atoms with E-state index in [1.54, 1.807) is 0 Å². The molecule has 0 spiro atoms. The molecule has 0 saturated carbocycles. The summed E-state index contributed by atoms with van der Waals surface area (Å²) in [6.07, 6.45) is 2.61. The van der Waals surface area contributed by atoms with Crippen molar-refractivity contribution >= 4 is 0 Å². The van der Waals surface area contributed by atoms with Crippen LogP contribution in [-0.2, 0) is 19.4 Å². The third-order valence-electron chi connectivity index (χ3n) is 5.19. The average molecular weight is 302 g/mol. The Hall–Kier alpha value is -1.26. The van der Waals surface area contributed by atoms with Gasteiger partial charge in [0.1, 0.15) is 23.7 Å². The van der Waals surface area contributed by atoms with E-state index in [0.29, 0.717) is 0 Å². The first kappa shape index (κ1) is 14.3. The molecule has 1 saturated heterocycles. The molecule has 4 rings (SSSR count). The molecular weight excluding hydrogens is 276 g/mol. The molecule has 0 amide bonds. The topological polar surface area (TPSA) is 33.7 Å². The molecule has 3 aliphatic rings. The maximum atomic E-state index is 6.22. The number of ether oxygens (including phenoxy) is 2. The summed E-state index contributed by atoms with van der Waals surface area (Å²) in [6, 6.07) is 0. The van der Waals surface area contributed by atoms with Gasteiger partial charge in [0.15, 0.2) is 0 Å². The van der Waals surface area contributed by atoms with E-state index in [0.717, 1.165) is 51.3 Å². The molecule has 0 aliphatic carbocycles. The Labute approximate surface area is 132 Å². The molecule has 1 N–H and O–H groups in total. The highest BCUT2D eigenvalue weighted by Gasteiger charge is 2.34. The second kappa shape index (κ2) is 5.43. The van der Waals surface area contributed by atoms with Gasteiger partial charge >= 0.3 is 0 Å². The predicted octanol–water partition coefficient (Wildman–Crippen LogP) is 2.05. The van der Waals surface area contributed by atoms with E-state index in [-0.39, 0.29) is 12.2 Å². The fourth-order valence-corrected chi connectivity index (χ4v) is 4.07. The summed E-state index contributed by atoms with van der Waals surface area (Å²) < 4.78 is 12.4. The van der Waals surface area contributed by atoms with E-state index in [2.05, 4.69) is 31.0 Å². The zero-order valence-electron chi connectivity index (χ0n) is 13.9. The molecule has 22 heavy (non-hydrogen) atoms. The molecule has 0 radical (unpaired) electrons. The van der Waals surface area contributed by atoms with Crippen molar-refractivity contribution < 1.29 is 9.47 Å². The molecule has 0 aromatic heterocycles. The van der Waals surface area contributed by atoms with Crippen molar-refractivity contribution in [1.29, 1.82) is 0 Å². The lowest BCUT2D eigenvalue weighted by molar-refractivity contribution is 0.220. The van der Waals surface area contributed by atoms with E-state index in [1.807, 2.05) is 0 Å². The number of nitrogens with zero attached hydrogens (tertiary/aromatic N) is 1. The summed E-state index contributed by atoms with van der Waals surface area (Å²) in [5.74, 6) is 2.31. The van der Waals surface area contributed by atoms with Gasteiger partial charge in [-0.2, -0.15) is 0 Å². The molecule has 3 heterocycles. The van der Waals surface area contributed by atoms with Crippen LogP contribution < -0.4 is 14.8 Å². The summed E-state index contributed by atoms with van der Waals surface area (Å²) in [4.78, 5) is 2.54. The average Bonchev–Trinajstić information content (AvgIpc) is 3.08. The highest BCUT2D eigenvalue weighted by molar-refractivity contribution is 5.62. The molecule has 4 heteroatoms. The van der Waals surface area contributed by atoms with Crippen molar-refractivity contribution in [3.8, 4) is 11.5 Å². The Balaban J connectivity index is 1.76. The normalized spacial score (nSPS) is 27.2. The van der Waals surface area contributed by atoms with Crippen molar-refractivity contribution in [2.75, 3.05) is 26.2 Å². The number of rotatable bonds is 2. The monoisotopic (exact) mass is 302 g/mol. The quantitative estimate of drug-likeness (QED) is 0.906. The van der Waals surface area contributed by atoms with Crippen LogP contribution in [0, 0.1) is 6.92 Å².